The summed E-state index contributed by atoms with van der Waals surface area (Å²) in [7, 11) is 0. The Morgan fingerprint density at radius 2 is 0.603 bits per heavy atom. The van der Waals surface area contributed by atoms with Crippen molar-refractivity contribution >= 4 is 17.9 Å². The molecule has 63 heavy (non-hydrogen) atoms. The molecular weight excluding hydrogens is 781 g/mol. The molecule has 0 saturated heterocycles. The van der Waals surface area contributed by atoms with Crippen LogP contribution in [0, 0.1) is 11.8 Å². The van der Waals surface area contributed by atoms with Crippen molar-refractivity contribution in [3.05, 3.63) is 0 Å². The van der Waals surface area contributed by atoms with Gasteiger partial charge in [0.25, 0.3) is 0 Å². The van der Waals surface area contributed by atoms with Crippen molar-refractivity contribution in [1.29, 1.82) is 0 Å². The second-order valence-corrected chi connectivity index (χ2v) is 20.3. The summed E-state index contributed by atoms with van der Waals surface area (Å²) in [5.74, 6) is 0.809. The molecule has 2 atom stereocenters. The fourth-order valence-electron chi connectivity index (χ4n) is 8.66. The number of hydrogen-bond donors (Lipinski definition) is 0. The lowest BCUT2D eigenvalue weighted by Crippen LogP contribution is -2.30. The number of ether oxygens (including phenoxy) is 3. The molecule has 0 heterocycles. The highest BCUT2D eigenvalue weighted by atomic mass is 16.6. The van der Waals surface area contributed by atoms with E-state index in [0.29, 0.717) is 19.3 Å². The van der Waals surface area contributed by atoms with Crippen LogP contribution in [-0.4, -0.2) is 37.2 Å². The Bertz CT molecular complexity index is 964. The molecule has 6 heteroatoms. The molecule has 0 aromatic carbocycles. The van der Waals surface area contributed by atoms with Gasteiger partial charge in [0.15, 0.2) is 6.10 Å². The topological polar surface area (TPSA) is 78.9 Å². The maximum atomic E-state index is 12.8. The zero-order valence-corrected chi connectivity index (χ0v) is 43.2. The van der Waals surface area contributed by atoms with E-state index in [1.807, 2.05) is 0 Å². The van der Waals surface area contributed by atoms with Crippen LogP contribution < -0.4 is 0 Å². The normalized spacial score (nSPS) is 12.5. The minimum absolute atomic E-state index is 0.0640. The maximum Gasteiger partial charge on any atom is 0.306 e. The number of carbonyl (C=O) groups is 3. The summed E-state index contributed by atoms with van der Waals surface area (Å²) in [6.07, 6.45) is 52.4. The Morgan fingerprint density at radius 1 is 0.333 bits per heavy atom. The van der Waals surface area contributed by atoms with E-state index in [9.17, 15) is 14.4 Å². The van der Waals surface area contributed by atoms with Gasteiger partial charge in [-0.3, -0.25) is 14.4 Å². The van der Waals surface area contributed by atoms with Gasteiger partial charge in [-0.15, -0.1) is 0 Å². The fraction of sp³-hybridized carbons (Fsp3) is 0.947. The molecular formula is C57H110O6. The van der Waals surface area contributed by atoms with Crippen molar-refractivity contribution in [3.8, 4) is 0 Å². The average Bonchev–Trinajstić information content (AvgIpc) is 3.27. The standard InChI is InChI=1S/C57H110O6/c1-6-8-9-10-11-12-13-14-15-16-17-18-22-25-28-31-37-42-47-55(58)61-50-54(63-57(60)49-44-39-34-33-36-41-46-53(5)7-2)51-62-56(59)48-43-38-32-29-26-23-20-19-21-24-27-30-35-40-45-52(3)4/h52-54H,6-51H2,1-5H3/t53?,54-/m0/s1. The molecule has 0 amide bonds. The minimum Gasteiger partial charge on any atom is -0.462 e. The van der Waals surface area contributed by atoms with Gasteiger partial charge in [0.1, 0.15) is 13.2 Å². The summed E-state index contributed by atoms with van der Waals surface area (Å²) in [4.78, 5) is 38.0. The van der Waals surface area contributed by atoms with Crippen LogP contribution in [0.25, 0.3) is 0 Å². The highest BCUT2D eigenvalue weighted by Crippen LogP contribution is 2.18. The Labute approximate surface area is 393 Å². The zero-order chi connectivity index (χ0) is 46.1. The van der Waals surface area contributed by atoms with Gasteiger partial charge < -0.3 is 14.2 Å². The first-order valence-electron chi connectivity index (χ1n) is 28.3. The summed E-state index contributed by atoms with van der Waals surface area (Å²) in [5.41, 5.74) is 0. The van der Waals surface area contributed by atoms with Gasteiger partial charge in [0.2, 0.25) is 0 Å². The Balaban J connectivity index is 4.23. The number of esters is 3. The SMILES string of the molecule is CCCCCCCCCCCCCCCCCCCCC(=O)OC[C@@H](COC(=O)CCCCCCCCCCCCCCCCC(C)C)OC(=O)CCCCCCCCC(C)CC. The smallest absolute Gasteiger partial charge is 0.306 e. The number of carbonyl (C=O) groups excluding carboxylic acids is 3. The monoisotopic (exact) mass is 891 g/mol. The molecule has 6 nitrogen and oxygen atoms in total. The quantitative estimate of drug-likeness (QED) is 0.0344. The molecule has 0 rings (SSSR count). The molecule has 0 aliphatic rings. The van der Waals surface area contributed by atoms with Gasteiger partial charge in [-0.1, -0.05) is 279 Å². The third-order valence-corrected chi connectivity index (χ3v) is 13.3. The van der Waals surface area contributed by atoms with E-state index in [1.165, 1.54) is 205 Å². The van der Waals surface area contributed by atoms with Crippen molar-refractivity contribution in [2.24, 2.45) is 11.8 Å². The van der Waals surface area contributed by atoms with Crippen LogP contribution in [0.1, 0.15) is 317 Å². The Kier molecular flexibility index (Phi) is 48.6. The van der Waals surface area contributed by atoms with Crippen molar-refractivity contribution in [3.63, 3.8) is 0 Å². The van der Waals surface area contributed by atoms with E-state index in [2.05, 4.69) is 34.6 Å². The van der Waals surface area contributed by atoms with Crippen LogP contribution in [0.15, 0.2) is 0 Å². The third kappa shape index (κ3) is 49.7. The maximum absolute atomic E-state index is 12.8. The number of hydrogen-bond acceptors (Lipinski definition) is 6. The third-order valence-electron chi connectivity index (χ3n) is 13.3. The van der Waals surface area contributed by atoms with Crippen molar-refractivity contribution in [2.45, 2.75) is 323 Å². The Hall–Kier alpha value is -1.59. The lowest BCUT2D eigenvalue weighted by molar-refractivity contribution is -0.167. The Morgan fingerprint density at radius 3 is 0.905 bits per heavy atom. The van der Waals surface area contributed by atoms with Gasteiger partial charge in [-0.25, -0.2) is 0 Å². The molecule has 0 radical (unpaired) electrons. The highest BCUT2D eigenvalue weighted by molar-refractivity contribution is 5.71. The van der Waals surface area contributed by atoms with Gasteiger partial charge >= 0.3 is 17.9 Å². The molecule has 0 aliphatic heterocycles. The molecule has 1 unspecified atom stereocenters. The molecule has 0 aromatic heterocycles. The van der Waals surface area contributed by atoms with Crippen molar-refractivity contribution in [1.82, 2.24) is 0 Å². The van der Waals surface area contributed by atoms with Crippen LogP contribution in [-0.2, 0) is 28.6 Å². The van der Waals surface area contributed by atoms with Crippen molar-refractivity contribution in [2.75, 3.05) is 13.2 Å². The van der Waals surface area contributed by atoms with Crippen LogP contribution >= 0.6 is 0 Å². The summed E-state index contributed by atoms with van der Waals surface area (Å²) in [6, 6.07) is 0. The van der Waals surface area contributed by atoms with Crippen LogP contribution in [0.4, 0.5) is 0 Å². The lowest BCUT2D eigenvalue weighted by atomic mass is 10.00. The molecule has 0 spiro atoms. The zero-order valence-electron chi connectivity index (χ0n) is 43.2. The number of rotatable bonds is 51. The first kappa shape index (κ1) is 61.4. The van der Waals surface area contributed by atoms with E-state index in [-0.39, 0.29) is 31.1 Å². The van der Waals surface area contributed by atoms with E-state index >= 15 is 0 Å². The average molecular weight is 892 g/mol. The molecule has 0 bridgehead atoms. The predicted molar refractivity (Wildman–Crippen MR) is 270 cm³/mol. The summed E-state index contributed by atoms with van der Waals surface area (Å²) in [6.45, 7) is 11.4. The molecule has 0 aliphatic carbocycles. The van der Waals surface area contributed by atoms with Gasteiger partial charge in [-0.05, 0) is 31.1 Å². The largest absolute Gasteiger partial charge is 0.462 e. The lowest BCUT2D eigenvalue weighted by Gasteiger charge is -2.18. The minimum atomic E-state index is -0.763. The van der Waals surface area contributed by atoms with Gasteiger partial charge in [-0.2, -0.15) is 0 Å². The summed E-state index contributed by atoms with van der Waals surface area (Å²) in [5, 5.41) is 0. The summed E-state index contributed by atoms with van der Waals surface area (Å²) >= 11 is 0. The fourth-order valence-corrected chi connectivity index (χ4v) is 8.66. The van der Waals surface area contributed by atoms with E-state index in [0.717, 1.165) is 69.6 Å². The van der Waals surface area contributed by atoms with Crippen LogP contribution in [0.2, 0.25) is 0 Å². The second kappa shape index (κ2) is 49.8. The van der Waals surface area contributed by atoms with Crippen LogP contribution in [0.3, 0.4) is 0 Å². The van der Waals surface area contributed by atoms with Gasteiger partial charge in [0, 0.05) is 19.3 Å². The predicted octanol–water partition coefficient (Wildman–Crippen LogP) is 18.5. The molecule has 0 N–H and O–H groups in total. The molecule has 0 fully saturated rings. The highest BCUT2D eigenvalue weighted by Gasteiger charge is 2.19. The summed E-state index contributed by atoms with van der Waals surface area (Å²) < 4.78 is 16.9. The number of unbranched alkanes of at least 4 members (excludes halogenated alkanes) is 35. The van der Waals surface area contributed by atoms with Gasteiger partial charge in [0.05, 0.1) is 0 Å². The first-order valence-corrected chi connectivity index (χ1v) is 28.3. The van der Waals surface area contributed by atoms with E-state index in [4.69, 9.17) is 14.2 Å². The second-order valence-electron chi connectivity index (χ2n) is 20.3. The van der Waals surface area contributed by atoms with E-state index < -0.39 is 6.10 Å². The van der Waals surface area contributed by atoms with Crippen molar-refractivity contribution < 1.29 is 28.6 Å². The molecule has 0 aromatic rings. The first-order chi connectivity index (χ1) is 30.8. The van der Waals surface area contributed by atoms with E-state index in [1.54, 1.807) is 0 Å². The molecule has 0 saturated carbocycles. The molecule has 374 valence electrons. The van der Waals surface area contributed by atoms with Crippen LogP contribution in [0.5, 0.6) is 0 Å².